The third-order valence-corrected chi connectivity index (χ3v) is 5.88. The molecule has 160 valence electrons. The van der Waals surface area contributed by atoms with Crippen molar-refractivity contribution in [3.63, 3.8) is 0 Å². The summed E-state index contributed by atoms with van der Waals surface area (Å²) < 4.78 is 0. The van der Waals surface area contributed by atoms with Crippen molar-refractivity contribution < 1.29 is 14.7 Å². The highest BCUT2D eigenvalue weighted by molar-refractivity contribution is 6.04. The molecule has 0 saturated heterocycles. The number of aromatic nitrogens is 2. The predicted molar refractivity (Wildman–Crippen MR) is 120 cm³/mol. The lowest BCUT2D eigenvalue weighted by molar-refractivity contribution is 0.0696. The van der Waals surface area contributed by atoms with Crippen molar-refractivity contribution in [1.82, 2.24) is 9.97 Å². The summed E-state index contributed by atoms with van der Waals surface area (Å²) >= 11 is 0. The zero-order valence-corrected chi connectivity index (χ0v) is 17.4. The fourth-order valence-corrected chi connectivity index (χ4v) is 4.25. The van der Waals surface area contributed by atoms with Crippen LogP contribution in [0.3, 0.4) is 0 Å². The summed E-state index contributed by atoms with van der Waals surface area (Å²) in [4.78, 5) is 32.4. The van der Waals surface area contributed by atoms with Gasteiger partial charge in [-0.1, -0.05) is 74.9 Å². The Morgan fingerprint density at radius 2 is 1.74 bits per heavy atom. The molecule has 1 aliphatic rings. The molecule has 0 spiro atoms. The smallest absolute Gasteiger partial charge is 0.335 e. The molecule has 1 aliphatic carbocycles. The first-order valence-electron chi connectivity index (χ1n) is 10.9. The van der Waals surface area contributed by atoms with E-state index in [2.05, 4.69) is 15.3 Å². The Kier molecular flexibility index (Phi) is 6.46. The van der Waals surface area contributed by atoms with Crippen molar-refractivity contribution in [1.29, 1.82) is 0 Å². The number of benzene rings is 2. The highest BCUT2D eigenvalue weighted by Gasteiger charge is 2.22. The summed E-state index contributed by atoms with van der Waals surface area (Å²) in [6.45, 7) is 0. The molecule has 3 aromatic rings. The summed E-state index contributed by atoms with van der Waals surface area (Å²) in [5, 5.41) is 12.0. The van der Waals surface area contributed by atoms with Crippen LogP contribution in [0.25, 0.3) is 11.4 Å². The summed E-state index contributed by atoms with van der Waals surface area (Å²) in [7, 11) is 0. The van der Waals surface area contributed by atoms with Crippen LogP contribution in [0.4, 0.5) is 5.69 Å². The van der Waals surface area contributed by atoms with Gasteiger partial charge >= 0.3 is 5.97 Å². The van der Waals surface area contributed by atoms with Gasteiger partial charge in [0, 0.05) is 16.9 Å². The van der Waals surface area contributed by atoms with Crippen LogP contribution in [-0.2, 0) is 6.42 Å². The van der Waals surface area contributed by atoms with E-state index in [-0.39, 0.29) is 11.5 Å². The van der Waals surface area contributed by atoms with Crippen molar-refractivity contribution in [2.75, 3.05) is 5.32 Å². The number of amides is 1. The lowest BCUT2D eigenvalue weighted by Gasteiger charge is -2.13. The Morgan fingerprint density at radius 3 is 2.45 bits per heavy atom. The number of nitrogens with zero attached hydrogens (tertiary/aromatic N) is 1. The van der Waals surface area contributed by atoms with Gasteiger partial charge in [-0.2, -0.15) is 0 Å². The number of carboxylic acids is 1. The van der Waals surface area contributed by atoms with E-state index in [1.165, 1.54) is 50.7 Å². The van der Waals surface area contributed by atoms with Gasteiger partial charge in [-0.05, 0) is 30.5 Å². The maximum atomic E-state index is 13.1. The van der Waals surface area contributed by atoms with Crippen molar-refractivity contribution >= 4 is 17.6 Å². The number of anilines is 1. The van der Waals surface area contributed by atoms with Crippen LogP contribution >= 0.6 is 0 Å². The first-order valence-corrected chi connectivity index (χ1v) is 10.9. The number of nitrogens with one attached hydrogen (secondary N) is 2. The predicted octanol–water partition coefficient (Wildman–Crippen LogP) is 5.54. The van der Waals surface area contributed by atoms with E-state index in [1.54, 1.807) is 12.1 Å². The fraction of sp³-hybridized carbons (Fsp3) is 0.320. The molecule has 1 amide bonds. The number of hydrogen-bond acceptors (Lipinski definition) is 3. The molecular formula is C25H27N3O3. The van der Waals surface area contributed by atoms with Crippen molar-refractivity contribution in [2.24, 2.45) is 5.92 Å². The van der Waals surface area contributed by atoms with Gasteiger partial charge in [-0.25, -0.2) is 9.78 Å². The molecule has 1 fully saturated rings. The second-order valence-corrected chi connectivity index (χ2v) is 8.18. The Balaban J connectivity index is 1.62. The number of aromatic amines is 1. The van der Waals surface area contributed by atoms with Crippen LogP contribution in [0.15, 0.2) is 54.6 Å². The van der Waals surface area contributed by atoms with Crippen molar-refractivity contribution in [3.8, 4) is 11.4 Å². The molecule has 6 nitrogen and oxygen atoms in total. The van der Waals surface area contributed by atoms with Gasteiger partial charge in [0.25, 0.3) is 5.91 Å². The Hall–Kier alpha value is -3.41. The number of imidazole rings is 1. The van der Waals surface area contributed by atoms with E-state index in [1.807, 2.05) is 30.3 Å². The van der Waals surface area contributed by atoms with Gasteiger partial charge in [0.05, 0.1) is 5.56 Å². The fourth-order valence-electron chi connectivity index (χ4n) is 4.25. The third kappa shape index (κ3) is 5.20. The molecule has 0 radical (unpaired) electrons. The molecule has 0 atom stereocenters. The van der Waals surface area contributed by atoms with E-state index in [0.29, 0.717) is 23.1 Å². The molecule has 31 heavy (non-hydrogen) atoms. The maximum Gasteiger partial charge on any atom is 0.335 e. The number of aromatic carboxylic acids is 1. The van der Waals surface area contributed by atoms with Crippen LogP contribution in [0, 0.1) is 5.92 Å². The molecule has 4 rings (SSSR count). The minimum atomic E-state index is -1.03. The molecule has 0 bridgehead atoms. The Bertz CT molecular complexity index is 1050. The lowest BCUT2D eigenvalue weighted by Crippen LogP contribution is -2.16. The molecule has 3 N–H and O–H groups in total. The van der Waals surface area contributed by atoms with E-state index in [4.69, 9.17) is 0 Å². The van der Waals surface area contributed by atoms with Gasteiger partial charge in [-0.3, -0.25) is 4.79 Å². The molecule has 1 heterocycles. The molecule has 0 unspecified atom stereocenters. The maximum absolute atomic E-state index is 13.1. The number of H-pyrrole nitrogens is 1. The van der Waals surface area contributed by atoms with E-state index in [0.717, 1.165) is 17.7 Å². The first kappa shape index (κ1) is 20.8. The number of carbonyl (C=O) groups is 2. The van der Waals surface area contributed by atoms with Gasteiger partial charge < -0.3 is 15.4 Å². The normalized spacial score (nSPS) is 14.7. The van der Waals surface area contributed by atoms with Crippen LogP contribution in [0.1, 0.15) is 65.1 Å². The molecule has 1 saturated carbocycles. The van der Waals surface area contributed by atoms with Gasteiger partial charge in [0.2, 0.25) is 0 Å². The standard InChI is InChI=1S/C25H27N3O3/c29-24(26-20-14-8-13-19(16-20)25(30)31)22-21(15-17-9-4-1-2-5-10-17)27-23(28-22)18-11-6-3-7-12-18/h3,6-8,11-14,16-17H,1-2,4-5,9-10,15H2,(H,26,29)(H,27,28)(H,30,31). The van der Waals surface area contributed by atoms with Crippen molar-refractivity contribution in [3.05, 3.63) is 71.5 Å². The number of carboxylic acid groups (broad SMARTS) is 1. The quantitative estimate of drug-likeness (QED) is 0.459. The second-order valence-electron chi connectivity index (χ2n) is 8.18. The van der Waals surface area contributed by atoms with Gasteiger partial charge in [0.15, 0.2) is 0 Å². The number of carbonyl (C=O) groups excluding carboxylic acids is 1. The van der Waals surface area contributed by atoms with Crippen LogP contribution < -0.4 is 5.32 Å². The lowest BCUT2D eigenvalue weighted by atomic mass is 9.94. The van der Waals surface area contributed by atoms with E-state index in [9.17, 15) is 14.7 Å². The molecular weight excluding hydrogens is 390 g/mol. The average molecular weight is 418 g/mol. The van der Waals surface area contributed by atoms with E-state index < -0.39 is 5.97 Å². The zero-order valence-electron chi connectivity index (χ0n) is 17.4. The SMILES string of the molecule is O=C(O)c1cccc(NC(=O)c2nc(-c3ccccc3)[nH]c2CC2CCCCCC2)c1. The molecule has 2 aromatic carbocycles. The largest absolute Gasteiger partial charge is 0.478 e. The van der Waals surface area contributed by atoms with Crippen LogP contribution in [-0.4, -0.2) is 27.0 Å². The van der Waals surface area contributed by atoms with Crippen LogP contribution in [0.2, 0.25) is 0 Å². The summed E-state index contributed by atoms with van der Waals surface area (Å²) in [5.74, 6) is -0.150. The average Bonchev–Trinajstić information content (AvgIpc) is 3.03. The minimum Gasteiger partial charge on any atom is -0.478 e. The van der Waals surface area contributed by atoms with Gasteiger partial charge in [-0.15, -0.1) is 0 Å². The Labute approximate surface area is 181 Å². The third-order valence-electron chi connectivity index (χ3n) is 5.88. The van der Waals surface area contributed by atoms with Gasteiger partial charge in [0.1, 0.15) is 11.5 Å². The summed E-state index contributed by atoms with van der Waals surface area (Å²) in [5.41, 5.74) is 2.72. The second kappa shape index (κ2) is 9.60. The molecule has 6 heteroatoms. The highest BCUT2D eigenvalue weighted by Crippen LogP contribution is 2.28. The summed E-state index contributed by atoms with van der Waals surface area (Å²) in [6, 6.07) is 16.0. The Morgan fingerprint density at radius 1 is 1.00 bits per heavy atom. The van der Waals surface area contributed by atoms with Crippen molar-refractivity contribution in [2.45, 2.75) is 44.9 Å². The number of rotatable bonds is 6. The topological polar surface area (TPSA) is 95.1 Å². The zero-order chi connectivity index (χ0) is 21.6. The monoisotopic (exact) mass is 417 g/mol. The first-order chi connectivity index (χ1) is 15.1. The molecule has 0 aliphatic heterocycles. The highest BCUT2D eigenvalue weighted by atomic mass is 16.4. The summed E-state index contributed by atoms with van der Waals surface area (Å²) in [6.07, 6.45) is 8.15. The number of hydrogen-bond donors (Lipinski definition) is 3. The minimum absolute atomic E-state index is 0.128. The molecule has 1 aromatic heterocycles. The van der Waals surface area contributed by atoms with Crippen LogP contribution in [0.5, 0.6) is 0 Å². The van der Waals surface area contributed by atoms with E-state index >= 15 is 0 Å².